The van der Waals surface area contributed by atoms with Gasteiger partial charge in [0.1, 0.15) is 5.75 Å². The minimum atomic E-state index is -0.967. The van der Waals surface area contributed by atoms with Gasteiger partial charge in [-0.15, -0.1) is 0 Å². The Hall–Kier alpha value is -2.82. The summed E-state index contributed by atoms with van der Waals surface area (Å²) >= 11 is 0. The van der Waals surface area contributed by atoms with Crippen LogP contribution in [0.5, 0.6) is 5.75 Å². The highest BCUT2D eigenvalue weighted by Gasteiger charge is 2.40. The molecule has 0 unspecified atom stereocenters. The molecule has 1 heterocycles. The molecule has 0 bridgehead atoms. The summed E-state index contributed by atoms with van der Waals surface area (Å²) in [5, 5.41) is 8.96. The molecule has 5 heteroatoms. The summed E-state index contributed by atoms with van der Waals surface area (Å²) in [4.78, 5) is 25.3. The lowest BCUT2D eigenvalue weighted by atomic mass is 10.0. The number of rotatable bonds is 3. The van der Waals surface area contributed by atoms with E-state index < -0.39 is 11.6 Å². The van der Waals surface area contributed by atoms with Gasteiger partial charge >= 0.3 is 5.97 Å². The van der Waals surface area contributed by atoms with Crippen molar-refractivity contribution in [1.82, 2.24) is 0 Å². The summed E-state index contributed by atoms with van der Waals surface area (Å²) in [5.41, 5.74) is 0.868. The van der Waals surface area contributed by atoms with Crippen LogP contribution in [0.25, 0.3) is 0 Å². The van der Waals surface area contributed by atoms with E-state index >= 15 is 0 Å². The fourth-order valence-corrected chi connectivity index (χ4v) is 2.61. The minimum Gasteiger partial charge on any atom is -0.478 e. The molecule has 2 aromatic carbocycles. The molecule has 0 radical (unpaired) electrons. The highest BCUT2D eigenvalue weighted by Crippen LogP contribution is 2.38. The van der Waals surface area contributed by atoms with Gasteiger partial charge in [-0.25, -0.2) is 4.79 Å². The molecule has 2 aromatic rings. The number of ether oxygens (including phenoxy) is 1. The molecule has 0 spiro atoms. The van der Waals surface area contributed by atoms with Gasteiger partial charge in [0.2, 0.25) is 0 Å². The predicted octanol–water partition coefficient (Wildman–Crippen LogP) is 3.09. The van der Waals surface area contributed by atoms with Crippen molar-refractivity contribution in [2.24, 2.45) is 0 Å². The summed E-state index contributed by atoms with van der Waals surface area (Å²) in [6.07, 6.45) is 0. The maximum atomic E-state index is 12.7. The highest BCUT2D eigenvalue weighted by atomic mass is 16.5. The zero-order valence-electron chi connectivity index (χ0n) is 12.9. The maximum absolute atomic E-state index is 12.7. The second kappa shape index (κ2) is 5.43. The number of fused-ring (bicyclic) bond motifs is 1. The van der Waals surface area contributed by atoms with Crippen molar-refractivity contribution < 1.29 is 19.4 Å². The number of carboxylic acid groups (broad SMARTS) is 1. The second-order valence-corrected chi connectivity index (χ2v) is 5.97. The number of benzene rings is 2. The number of nitrogens with zero attached hydrogens (tertiary/aromatic N) is 1. The lowest BCUT2D eigenvalue weighted by molar-refractivity contribution is -0.132. The SMILES string of the molecule is CC1(C)Oc2ccccc2N(Cc2ccc(C(=O)O)cc2)C1=O. The molecule has 1 N–H and O–H groups in total. The smallest absolute Gasteiger partial charge is 0.335 e. The van der Waals surface area contributed by atoms with Gasteiger partial charge in [-0.3, -0.25) is 4.79 Å². The summed E-state index contributed by atoms with van der Waals surface area (Å²) in [7, 11) is 0. The van der Waals surface area contributed by atoms with Crippen molar-refractivity contribution in [1.29, 1.82) is 0 Å². The molecule has 118 valence electrons. The zero-order chi connectivity index (χ0) is 16.6. The Bertz CT molecular complexity index is 765. The van der Waals surface area contributed by atoms with Crippen LogP contribution < -0.4 is 9.64 Å². The molecular weight excluding hydrogens is 294 g/mol. The van der Waals surface area contributed by atoms with E-state index in [9.17, 15) is 9.59 Å². The number of carbonyl (C=O) groups is 2. The van der Waals surface area contributed by atoms with Gasteiger partial charge in [0.25, 0.3) is 5.91 Å². The van der Waals surface area contributed by atoms with Crippen molar-refractivity contribution in [3.05, 3.63) is 59.7 Å². The van der Waals surface area contributed by atoms with Crippen LogP contribution in [-0.2, 0) is 11.3 Å². The molecule has 1 aliphatic rings. The van der Waals surface area contributed by atoms with Crippen LogP contribution in [0.2, 0.25) is 0 Å². The van der Waals surface area contributed by atoms with E-state index in [1.165, 1.54) is 0 Å². The first kappa shape index (κ1) is 15.1. The first-order chi connectivity index (χ1) is 10.9. The number of carbonyl (C=O) groups excluding carboxylic acids is 1. The number of para-hydroxylation sites is 2. The van der Waals surface area contributed by atoms with Crippen LogP contribution in [0.3, 0.4) is 0 Å². The molecule has 1 amide bonds. The molecular formula is C18H17NO4. The molecule has 0 aromatic heterocycles. The van der Waals surface area contributed by atoms with Crippen LogP contribution in [0.15, 0.2) is 48.5 Å². The molecule has 23 heavy (non-hydrogen) atoms. The summed E-state index contributed by atoms with van der Waals surface area (Å²) < 4.78 is 5.78. The van der Waals surface area contributed by atoms with Gasteiger partial charge in [-0.2, -0.15) is 0 Å². The number of hydrogen-bond donors (Lipinski definition) is 1. The average molecular weight is 311 g/mol. The third-order valence-electron chi connectivity index (χ3n) is 3.82. The van der Waals surface area contributed by atoms with Gasteiger partial charge in [0.15, 0.2) is 5.60 Å². The lowest BCUT2D eigenvalue weighted by Gasteiger charge is -2.38. The molecule has 0 saturated heterocycles. The van der Waals surface area contributed by atoms with E-state index in [2.05, 4.69) is 0 Å². The van der Waals surface area contributed by atoms with Crippen LogP contribution in [0.4, 0.5) is 5.69 Å². The Labute approximate surface area is 134 Å². The first-order valence-corrected chi connectivity index (χ1v) is 7.31. The summed E-state index contributed by atoms with van der Waals surface area (Å²) in [6.45, 7) is 3.85. The third kappa shape index (κ3) is 2.77. The van der Waals surface area contributed by atoms with Crippen molar-refractivity contribution in [2.75, 3.05) is 4.90 Å². The molecule has 3 rings (SSSR count). The van der Waals surface area contributed by atoms with Crippen LogP contribution >= 0.6 is 0 Å². The quantitative estimate of drug-likeness (QED) is 0.946. The summed E-state index contributed by atoms with van der Waals surface area (Å²) in [5.74, 6) is -0.428. The van der Waals surface area contributed by atoms with Crippen molar-refractivity contribution >= 4 is 17.6 Å². The normalized spacial score (nSPS) is 15.7. The molecule has 0 aliphatic carbocycles. The van der Waals surface area contributed by atoms with E-state index in [0.717, 1.165) is 11.3 Å². The third-order valence-corrected chi connectivity index (χ3v) is 3.82. The van der Waals surface area contributed by atoms with Crippen molar-refractivity contribution in [3.8, 4) is 5.75 Å². The Morgan fingerprint density at radius 1 is 1.13 bits per heavy atom. The number of amides is 1. The predicted molar refractivity (Wildman–Crippen MR) is 85.7 cm³/mol. The Balaban J connectivity index is 1.94. The number of anilines is 1. The summed E-state index contributed by atoms with van der Waals surface area (Å²) in [6, 6.07) is 13.9. The number of hydrogen-bond acceptors (Lipinski definition) is 3. The largest absolute Gasteiger partial charge is 0.478 e. The maximum Gasteiger partial charge on any atom is 0.335 e. The fraction of sp³-hybridized carbons (Fsp3) is 0.222. The Morgan fingerprint density at radius 2 is 1.78 bits per heavy atom. The zero-order valence-corrected chi connectivity index (χ0v) is 12.9. The van der Waals surface area contributed by atoms with Gasteiger partial charge in [-0.05, 0) is 43.7 Å². The monoisotopic (exact) mass is 311 g/mol. The second-order valence-electron chi connectivity index (χ2n) is 5.97. The van der Waals surface area contributed by atoms with Crippen molar-refractivity contribution in [3.63, 3.8) is 0 Å². The number of carboxylic acids is 1. The van der Waals surface area contributed by atoms with E-state index in [1.54, 1.807) is 43.0 Å². The van der Waals surface area contributed by atoms with Gasteiger partial charge < -0.3 is 14.7 Å². The highest BCUT2D eigenvalue weighted by molar-refractivity contribution is 6.02. The van der Waals surface area contributed by atoms with Gasteiger partial charge in [0.05, 0.1) is 17.8 Å². The van der Waals surface area contributed by atoms with Crippen molar-refractivity contribution in [2.45, 2.75) is 26.0 Å². The van der Waals surface area contributed by atoms with Crippen LogP contribution in [-0.4, -0.2) is 22.6 Å². The Morgan fingerprint density at radius 3 is 2.43 bits per heavy atom. The van der Waals surface area contributed by atoms with Gasteiger partial charge in [-0.1, -0.05) is 24.3 Å². The molecule has 0 saturated carbocycles. The average Bonchev–Trinajstić information content (AvgIpc) is 2.52. The van der Waals surface area contributed by atoms with E-state index in [4.69, 9.17) is 9.84 Å². The minimum absolute atomic E-state index is 0.126. The van der Waals surface area contributed by atoms with Gasteiger partial charge in [0, 0.05) is 0 Å². The molecule has 5 nitrogen and oxygen atoms in total. The van der Waals surface area contributed by atoms with E-state index in [1.807, 2.05) is 24.3 Å². The van der Waals surface area contributed by atoms with Crippen LogP contribution in [0, 0.1) is 0 Å². The van der Waals surface area contributed by atoms with Crippen LogP contribution in [0.1, 0.15) is 29.8 Å². The van der Waals surface area contributed by atoms with E-state index in [0.29, 0.717) is 12.3 Å². The molecule has 0 fully saturated rings. The van der Waals surface area contributed by atoms with E-state index in [-0.39, 0.29) is 11.5 Å². The molecule has 1 aliphatic heterocycles. The first-order valence-electron chi connectivity index (χ1n) is 7.31. The molecule has 0 atom stereocenters. The number of aromatic carboxylic acids is 1. The fourth-order valence-electron chi connectivity index (χ4n) is 2.61. The standard InChI is InChI=1S/C18H17NO4/c1-18(2)17(22)19(14-5-3-4-6-15(14)23-18)11-12-7-9-13(10-8-12)16(20)21/h3-10H,11H2,1-2H3,(H,20,21). The Kier molecular flexibility index (Phi) is 3.56. The lowest BCUT2D eigenvalue weighted by Crippen LogP contribution is -2.52. The topological polar surface area (TPSA) is 66.8 Å².